The Morgan fingerprint density at radius 3 is 1.06 bits per heavy atom. The molecule has 4 bridgehead atoms. The van der Waals surface area contributed by atoms with Crippen LogP contribution in [0, 0.1) is 57.2 Å². The Balaban J connectivity index is 0.00000451. The van der Waals surface area contributed by atoms with Crippen molar-refractivity contribution in [2.75, 3.05) is 40.4 Å². The van der Waals surface area contributed by atoms with Gasteiger partial charge >= 0.3 is 0 Å². The number of carbonyl (C=O) groups excluding carboxylic acids is 4. The van der Waals surface area contributed by atoms with E-state index < -0.39 is 57.5 Å². The average Bonchev–Trinajstić information content (AvgIpc) is 3.61. The highest BCUT2D eigenvalue weighted by molar-refractivity contribution is 6.07. The van der Waals surface area contributed by atoms with Gasteiger partial charge in [-0.1, -0.05) is 63.8 Å². The van der Waals surface area contributed by atoms with Gasteiger partial charge in [0.05, 0.1) is 37.8 Å². The number of hydrogen-bond acceptors (Lipinski definition) is 8. The molecule has 0 aromatic carbocycles. The third-order valence-corrected chi connectivity index (χ3v) is 15.3. The molecule has 11 nitrogen and oxygen atoms in total. The maximum Gasteiger partial charge on any atom is 0.258 e. The van der Waals surface area contributed by atoms with Gasteiger partial charge in [-0.15, -0.1) is 0 Å². The highest BCUT2D eigenvalue weighted by Crippen LogP contribution is 2.75. The molecule has 268 valence electrons. The SMILES string of the molecule is CC1=C(C)C2(C)C3C(=O)N(OCC(O)C[N+](C)(C)CC(O)CON4C(=O)C5C(C4=O)C4(C)C(C)=C(C)C5(C)C4C)C(=O)C3C1(C)C2C.[Cl-]. The van der Waals surface area contributed by atoms with Crippen LogP contribution in [0.3, 0.4) is 0 Å². The lowest BCUT2D eigenvalue weighted by atomic mass is 9.66. The van der Waals surface area contributed by atoms with Gasteiger partial charge in [-0.3, -0.25) is 28.9 Å². The fraction of sp³-hybridized carbons (Fsp3) is 0.778. The lowest BCUT2D eigenvalue weighted by molar-refractivity contribution is -0.896. The maximum atomic E-state index is 13.6. The first-order valence-electron chi connectivity index (χ1n) is 17.1. The number of allylic oxidation sites excluding steroid dienone is 4. The number of aliphatic hydroxyl groups excluding tert-OH is 2. The van der Waals surface area contributed by atoms with Crippen LogP contribution in [-0.2, 0) is 28.9 Å². The zero-order valence-corrected chi connectivity index (χ0v) is 31.3. The number of carbonyl (C=O) groups is 4. The van der Waals surface area contributed by atoms with Crippen LogP contribution in [0.25, 0.3) is 0 Å². The smallest absolute Gasteiger partial charge is 0.258 e. The molecule has 10 atom stereocenters. The van der Waals surface area contributed by atoms with Gasteiger partial charge < -0.3 is 27.1 Å². The van der Waals surface area contributed by atoms with Crippen LogP contribution in [-0.4, -0.2) is 101 Å². The molecule has 0 spiro atoms. The first-order valence-corrected chi connectivity index (χ1v) is 17.1. The molecular formula is C36H54ClN3O8. The Morgan fingerprint density at radius 2 is 0.833 bits per heavy atom. The molecule has 2 aliphatic heterocycles. The van der Waals surface area contributed by atoms with Crippen LogP contribution in [0.2, 0.25) is 0 Å². The molecule has 2 N–H and O–H groups in total. The summed E-state index contributed by atoms with van der Waals surface area (Å²) >= 11 is 0. The normalized spacial score (nSPS) is 42.8. The van der Waals surface area contributed by atoms with Crippen LogP contribution in [0.5, 0.6) is 0 Å². The van der Waals surface area contributed by atoms with E-state index in [9.17, 15) is 29.4 Å². The predicted molar refractivity (Wildman–Crippen MR) is 171 cm³/mol. The number of fused-ring (bicyclic) bond motifs is 10. The topological polar surface area (TPSA) is 134 Å². The molecule has 2 heterocycles. The molecular weight excluding hydrogens is 638 g/mol. The first-order chi connectivity index (χ1) is 21.5. The third kappa shape index (κ3) is 4.24. The molecule has 4 fully saturated rings. The summed E-state index contributed by atoms with van der Waals surface area (Å²) < 4.78 is 0.154. The molecule has 0 radical (unpaired) electrons. The van der Waals surface area contributed by atoms with Gasteiger partial charge in [0.2, 0.25) is 0 Å². The van der Waals surface area contributed by atoms with Crippen molar-refractivity contribution in [1.29, 1.82) is 0 Å². The van der Waals surface area contributed by atoms with E-state index in [1.54, 1.807) is 0 Å². The molecule has 12 heteroatoms. The van der Waals surface area contributed by atoms with Gasteiger partial charge in [0.15, 0.2) is 0 Å². The highest BCUT2D eigenvalue weighted by Gasteiger charge is 2.77. The van der Waals surface area contributed by atoms with Crippen molar-refractivity contribution in [2.45, 2.75) is 81.4 Å². The van der Waals surface area contributed by atoms with Crippen molar-refractivity contribution in [1.82, 2.24) is 10.1 Å². The summed E-state index contributed by atoms with van der Waals surface area (Å²) in [6, 6.07) is 0. The summed E-state index contributed by atoms with van der Waals surface area (Å²) in [5, 5.41) is 23.5. The van der Waals surface area contributed by atoms with E-state index in [4.69, 9.17) is 9.68 Å². The largest absolute Gasteiger partial charge is 1.00 e. The number of quaternary nitrogens is 1. The number of likely N-dealkylation sites (N-methyl/N-ethyl adjacent to an activating group) is 1. The lowest BCUT2D eigenvalue weighted by Gasteiger charge is -2.35. The van der Waals surface area contributed by atoms with Crippen LogP contribution in [0.1, 0.15) is 69.2 Å². The number of hydrogen-bond donors (Lipinski definition) is 2. The second kappa shape index (κ2) is 11.2. The zero-order chi connectivity index (χ0) is 35.1. The van der Waals surface area contributed by atoms with Crippen molar-refractivity contribution in [2.24, 2.45) is 57.2 Å². The van der Waals surface area contributed by atoms with Crippen molar-refractivity contribution in [3.8, 4) is 0 Å². The standard InChI is InChI=1S/C36H54N3O8.ClH/c1-17-18(2)34(8)21(5)33(17,7)25-26(34)30(43)37(29(25)42)46-15-23(40)13-39(11,12)14-24(41)16-47-38-31(44)27-28(32(38)45)36(10)20(4)19(3)35(27,9)22(36)6;/h21-28,40-41H,13-16H2,1-12H3;1H/q+1;/p-1. The van der Waals surface area contributed by atoms with Gasteiger partial charge in [0.25, 0.3) is 23.6 Å². The Hall–Kier alpha value is -2.15. The molecule has 4 amide bonds. The number of hydroxylamine groups is 4. The van der Waals surface area contributed by atoms with Gasteiger partial charge in [0.1, 0.15) is 38.5 Å². The Morgan fingerprint density at radius 1 is 0.604 bits per heavy atom. The fourth-order valence-electron chi connectivity index (χ4n) is 11.8. The minimum atomic E-state index is -1.04. The quantitative estimate of drug-likeness (QED) is 0.184. The van der Waals surface area contributed by atoms with E-state index in [0.29, 0.717) is 0 Å². The molecule has 6 aliphatic rings. The summed E-state index contributed by atoms with van der Waals surface area (Å²) in [6.45, 7) is 20.6. The van der Waals surface area contributed by atoms with E-state index in [-0.39, 0.29) is 78.7 Å². The van der Waals surface area contributed by atoms with Gasteiger partial charge in [-0.2, -0.15) is 10.1 Å². The zero-order valence-electron chi connectivity index (χ0n) is 30.5. The van der Waals surface area contributed by atoms with Crippen LogP contribution in [0.4, 0.5) is 0 Å². The summed E-state index contributed by atoms with van der Waals surface area (Å²) in [7, 11) is 3.63. The molecule has 6 rings (SSSR count). The first kappa shape index (κ1) is 37.1. The van der Waals surface area contributed by atoms with Crippen molar-refractivity contribution < 1.29 is 56.0 Å². The van der Waals surface area contributed by atoms with E-state index in [0.717, 1.165) is 10.1 Å². The molecule has 4 aliphatic carbocycles. The van der Waals surface area contributed by atoms with Crippen LogP contribution < -0.4 is 12.4 Å². The number of rotatable bonds is 10. The Bertz CT molecular complexity index is 1340. The maximum absolute atomic E-state index is 13.6. The summed E-state index contributed by atoms with van der Waals surface area (Å²) in [4.78, 5) is 65.7. The van der Waals surface area contributed by atoms with Crippen LogP contribution in [0.15, 0.2) is 22.3 Å². The molecule has 0 aromatic heterocycles. The molecule has 2 saturated heterocycles. The fourth-order valence-corrected chi connectivity index (χ4v) is 11.8. The molecule has 0 aromatic rings. The molecule has 48 heavy (non-hydrogen) atoms. The monoisotopic (exact) mass is 691 g/mol. The minimum absolute atomic E-state index is 0. The lowest BCUT2D eigenvalue weighted by Crippen LogP contribution is -3.00. The van der Waals surface area contributed by atoms with Crippen molar-refractivity contribution in [3.63, 3.8) is 0 Å². The number of aliphatic hydroxyl groups is 2. The minimum Gasteiger partial charge on any atom is -1.00 e. The number of halogens is 1. The highest BCUT2D eigenvalue weighted by atomic mass is 35.5. The Kier molecular flexibility index (Phi) is 8.64. The van der Waals surface area contributed by atoms with E-state index in [2.05, 4.69) is 69.2 Å². The van der Waals surface area contributed by atoms with Gasteiger partial charge in [-0.05, 0) is 39.5 Å². The number of imide groups is 2. The third-order valence-electron chi connectivity index (χ3n) is 15.3. The average molecular weight is 692 g/mol. The summed E-state index contributed by atoms with van der Waals surface area (Å²) in [5.41, 5.74) is 3.01. The Labute approximate surface area is 290 Å². The molecule has 10 unspecified atom stereocenters. The van der Waals surface area contributed by atoms with Crippen molar-refractivity contribution >= 4 is 23.6 Å². The summed E-state index contributed by atoms with van der Waals surface area (Å²) in [6.07, 6.45) is -2.08. The number of nitrogens with zero attached hydrogens (tertiary/aromatic N) is 3. The molecule has 2 saturated carbocycles. The van der Waals surface area contributed by atoms with Crippen LogP contribution >= 0.6 is 0 Å². The van der Waals surface area contributed by atoms with Gasteiger partial charge in [0, 0.05) is 21.7 Å². The van der Waals surface area contributed by atoms with E-state index in [1.165, 1.54) is 22.3 Å². The summed E-state index contributed by atoms with van der Waals surface area (Å²) in [5.74, 6) is -3.03. The van der Waals surface area contributed by atoms with Crippen molar-refractivity contribution in [3.05, 3.63) is 22.3 Å². The second-order valence-electron chi connectivity index (χ2n) is 17.1. The second-order valence-corrected chi connectivity index (χ2v) is 17.1. The van der Waals surface area contributed by atoms with E-state index in [1.807, 2.05) is 14.1 Å². The van der Waals surface area contributed by atoms with Gasteiger partial charge in [-0.25, -0.2) is 0 Å². The predicted octanol–water partition coefficient (Wildman–Crippen LogP) is -0.121. The number of amides is 4. The van der Waals surface area contributed by atoms with E-state index >= 15 is 0 Å².